The molecule has 0 bridgehead atoms. The molecule has 1 rings (SSSR count). The maximum atomic E-state index is 4.20. The van der Waals surface area contributed by atoms with E-state index in [0.29, 0.717) is 0 Å². The number of nitrogens with zero attached hydrogens (tertiary/aromatic N) is 1. The predicted octanol–water partition coefficient (Wildman–Crippen LogP) is 2.08. The van der Waals surface area contributed by atoms with Crippen molar-refractivity contribution >= 4 is 10.1 Å². The molecule has 1 heterocycles. The van der Waals surface area contributed by atoms with Crippen molar-refractivity contribution < 1.29 is 15.1 Å². The van der Waals surface area contributed by atoms with Gasteiger partial charge in [0.15, 0.2) is 0 Å². The number of hydrogen-bond acceptors (Lipinski definition) is 1. The minimum absolute atomic E-state index is 1.21. The van der Waals surface area contributed by atoms with E-state index in [1.165, 1.54) is 5.56 Å². The molecule has 0 saturated heterocycles. The van der Waals surface area contributed by atoms with Crippen LogP contribution >= 0.6 is 10.1 Å². The fourth-order valence-corrected chi connectivity index (χ4v) is 0.448. The number of aromatic nitrogens is 1. The van der Waals surface area contributed by atoms with Gasteiger partial charge in [-0.05, 0) is 18.6 Å². The molecule has 0 amide bonds. The number of hydrogen-bond donors (Lipinski definition) is 0. The molecule has 0 unspecified atom stereocenters. The van der Waals surface area contributed by atoms with E-state index in [-0.39, 0.29) is 0 Å². The van der Waals surface area contributed by atoms with Gasteiger partial charge in [0, 0.05) is 12.4 Å². The molecule has 0 aliphatic heterocycles. The van der Waals surface area contributed by atoms with Gasteiger partial charge in [0.05, 0.1) is 0 Å². The van der Waals surface area contributed by atoms with E-state index < -0.39 is 0 Å². The first-order valence-electron chi connectivity index (χ1n) is 2.37. The summed E-state index contributed by atoms with van der Waals surface area (Å²) in [5.41, 5.74) is 1.21. The Bertz CT molecular complexity index is 143. The van der Waals surface area contributed by atoms with Gasteiger partial charge in [0.2, 0.25) is 0 Å². The van der Waals surface area contributed by atoms with Crippen LogP contribution in [0, 0.1) is 6.92 Å². The second-order valence-corrected chi connectivity index (χ2v) is 1.53. The number of aryl methyl sites for hydroxylation is 1. The van der Waals surface area contributed by atoms with Crippen LogP contribution in [0.25, 0.3) is 0 Å². The normalized spacial score (nSPS) is 7.56. The van der Waals surface area contributed by atoms with Gasteiger partial charge >= 0.3 is 25.2 Å². The molecule has 0 aromatic carbocycles. The van der Waals surface area contributed by atoms with E-state index in [2.05, 4.69) is 30.2 Å². The summed E-state index contributed by atoms with van der Waals surface area (Å²) in [7, 11) is 4.20. The van der Waals surface area contributed by atoms with E-state index >= 15 is 0 Å². The van der Waals surface area contributed by atoms with E-state index in [1.807, 2.05) is 25.3 Å². The quantitative estimate of drug-likeness (QED) is 0.573. The van der Waals surface area contributed by atoms with Crippen LogP contribution in [-0.2, 0) is 15.1 Å². The Morgan fingerprint density at radius 2 is 2.22 bits per heavy atom. The van der Waals surface area contributed by atoms with Crippen LogP contribution in [-0.4, -0.2) is 4.98 Å². The summed E-state index contributed by atoms with van der Waals surface area (Å²) in [6.07, 6.45) is 3.60. The minimum atomic E-state index is 1.21. The predicted molar refractivity (Wildman–Crippen MR) is 34.8 cm³/mol. The SMILES string of the molecule is Cc1cccnc1.[Cl][Cu]. The fraction of sp³-hybridized carbons (Fsp3) is 0.167. The van der Waals surface area contributed by atoms with Crippen molar-refractivity contribution in [3.63, 3.8) is 0 Å². The summed E-state index contributed by atoms with van der Waals surface area (Å²) < 4.78 is 0. The molecular weight excluding hydrogens is 185 g/mol. The van der Waals surface area contributed by atoms with Gasteiger partial charge in [0.25, 0.3) is 0 Å². The molecule has 0 spiro atoms. The molecule has 0 saturated carbocycles. The first-order valence-corrected chi connectivity index (χ1v) is 3.67. The maximum absolute atomic E-state index is 4.20. The third kappa shape index (κ3) is 4.46. The van der Waals surface area contributed by atoms with Crippen molar-refractivity contribution in [1.29, 1.82) is 0 Å². The molecule has 1 aromatic heterocycles. The van der Waals surface area contributed by atoms with E-state index in [9.17, 15) is 0 Å². The van der Waals surface area contributed by atoms with Crippen LogP contribution in [0.2, 0.25) is 0 Å². The van der Waals surface area contributed by atoms with Gasteiger partial charge in [-0.25, -0.2) is 0 Å². The second-order valence-electron chi connectivity index (χ2n) is 1.53. The molecule has 9 heavy (non-hydrogen) atoms. The summed E-state index contributed by atoms with van der Waals surface area (Å²) >= 11 is 3.66. The Balaban J connectivity index is 0.000000291. The van der Waals surface area contributed by atoms with Crippen molar-refractivity contribution in [2.24, 2.45) is 0 Å². The van der Waals surface area contributed by atoms with Crippen molar-refractivity contribution in [1.82, 2.24) is 4.98 Å². The van der Waals surface area contributed by atoms with E-state index in [1.54, 1.807) is 6.20 Å². The monoisotopic (exact) mass is 191 g/mol. The third-order valence-corrected chi connectivity index (χ3v) is 0.809. The topological polar surface area (TPSA) is 12.9 Å². The van der Waals surface area contributed by atoms with Crippen molar-refractivity contribution in [3.05, 3.63) is 30.1 Å². The molecule has 0 aliphatic carbocycles. The number of halogens is 1. The zero-order valence-corrected chi connectivity index (χ0v) is 6.63. The van der Waals surface area contributed by atoms with Crippen molar-refractivity contribution in [2.75, 3.05) is 0 Å². The average molecular weight is 192 g/mol. The number of pyridine rings is 1. The first kappa shape index (κ1) is 8.96. The Morgan fingerprint density at radius 3 is 2.44 bits per heavy atom. The summed E-state index contributed by atoms with van der Waals surface area (Å²) in [5, 5.41) is 0. The van der Waals surface area contributed by atoms with Gasteiger partial charge in [0.1, 0.15) is 0 Å². The van der Waals surface area contributed by atoms with Crippen LogP contribution in [0.1, 0.15) is 5.56 Å². The molecule has 0 fully saturated rings. The Hall–Kier alpha value is -0.0405. The van der Waals surface area contributed by atoms with Crippen LogP contribution in [0.4, 0.5) is 0 Å². The van der Waals surface area contributed by atoms with Crippen molar-refractivity contribution in [2.45, 2.75) is 6.92 Å². The van der Waals surface area contributed by atoms with Crippen LogP contribution in [0.15, 0.2) is 24.5 Å². The molecule has 0 radical (unpaired) electrons. The molecule has 54 valence electrons. The van der Waals surface area contributed by atoms with Gasteiger partial charge in [-0.3, -0.25) is 4.98 Å². The molecule has 1 aromatic rings. The summed E-state index contributed by atoms with van der Waals surface area (Å²) in [4.78, 5) is 3.88. The van der Waals surface area contributed by atoms with Gasteiger partial charge in [-0.1, -0.05) is 6.07 Å². The van der Waals surface area contributed by atoms with Gasteiger partial charge in [-0.15, -0.1) is 0 Å². The summed E-state index contributed by atoms with van der Waals surface area (Å²) in [6, 6.07) is 3.95. The van der Waals surface area contributed by atoms with Crippen LogP contribution in [0.5, 0.6) is 0 Å². The number of rotatable bonds is 0. The van der Waals surface area contributed by atoms with Crippen LogP contribution in [0.3, 0.4) is 0 Å². The zero-order chi connectivity index (χ0) is 7.11. The Labute approximate surface area is 67.5 Å². The van der Waals surface area contributed by atoms with E-state index in [4.69, 9.17) is 0 Å². The molecule has 0 atom stereocenters. The fourth-order valence-electron chi connectivity index (χ4n) is 0.448. The Morgan fingerprint density at radius 1 is 1.56 bits per heavy atom. The zero-order valence-electron chi connectivity index (χ0n) is 4.94. The second kappa shape index (κ2) is 6.09. The standard InChI is InChI=1S/C6H7N.ClH.Cu/c1-6-3-2-4-7-5-6;;/h2-5H,1H3;1H;/q;;+1/p-1. The molecule has 1 nitrogen and oxygen atoms in total. The summed E-state index contributed by atoms with van der Waals surface area (Å²) in [5.74, 6) is 0. The average Bonchev–Trinajstić information content (AvgIpc) is 1.94. The molecule has 0 aliphatic rings. The third-order valence-electron chi connectivity index (χ3n) is 0.809. The summed E-state index contributed by atoms with van der Waals surface area (Å²) in [6.45, 7) is 2.02. The van der Waals surface area contributed by atoms with Gasteiger partial charge < -0.3 is 0 Å². The van der Waals surface area contributed by atoms with E-state index in [0.717, 1.165) is 0 Å². The molecular formula is C6H7ClCuN. The first-order chi connectivity index (χ1) is 4.39. The molecule has 3 heteroatoms. The van der Waals surface area contributed by atoms with Crippen molar-refractivity contribution in [3.8, 4) is 0 Å². The van der Waals surface area contributed by atoms with Crippen LogP contribution < -0.4 is 0 Å². The van der Waals surface area contributed by atoms with Gasteiger partial charge in [-0.2, -0.15) is 0 Å². The molecule has 0 N–H and O–H groups in total. The Kier molecular flexibility index (Phi) is 6.06.